The molecule has 0 aliphatic carbocycles. The number of benzene rings is 3. The molecule has 1 saturated heterocycles. The minimum Gasteiger partial charge on any atom is -0.376 e. The van der Waals surface area contributed by atoms with Gasteiger partial charge in [0.1, 0.15) is 6.04 Å². The zero-order valence-electron chi connectivity index (χ0n) is 23.1. The highest BCUT2D eigenvalue weighted by Gasteiger charge is 2.33. The number of ether oxygens (including phenoxy) is 1. The average molecular weight is 598 g/mol. The zero-order chi connectivity index (χ0) is 29.2. The van der Waals surface area contributed by atoms with Gasteiger partial charge in [-0.15, -0.1) is 0 Å². The number of carbonyl (C=O) groups excluding carboxylic acids is 2. The van der Waals surface area contributed by atoms with E-state index in [1.54, 1.807) is 24.3 Å². The van der Waals surface area contributed by atoms with Crippen LogP contribution in [0.4, 0.5) is 0 Å². The second kappa shape index (κ2) is 14.6. The van der Waals surface area contributed by atoms with E-state index in [-0.39, 0.29) is 31.5 Å². The highest BCUT2D eigenvalue weighted by Crippen LogP contribution is 2.19. The van der Waals surface area contributed by atoms with Gasteiger partial charge in [0, 0.05) is 37.7 Å². The number of nitrogens with zero attached hydrogens (tertiary/aromatic N) is 2. The van der Waals surface area contributed by atoms with Crippen molar-refractivity contribution in [3.8, 4) is 0 Å². The summed E-state index contributed by atoms with van der Waals surface area (Å²) in [5.74, 6) is -0.796. The lowest BCUT2D eigenvalue weighted by molar-refractivity contribution is -0.141. The number of hydrogen-bond acceptors (Lipinski definition) is 5. The molecule has 0 aromatic heterocycles. The first-order valence-electron chi connectivity index (χ1n) is 13.7. The zero-order valence-corrected chi connectivity index (χ0v) is 24.7. The van der Waals surface area contributed by atoms with Crippen molar-refractivity contribution in [2.24, 2.45) is 0 Å². The Bertz CT molecular complexity index is 1380. The molecule has 0 saturated carbocycles. The Morgan fingerprint density at radius 1 is 0.927 bits per heavy atom. The molecule has 3 aromatic carbocycles. The van der Waals surface area contributed by atoms with Crippen LogP contribution in [0.2, 0.25) is 5.02 Å². The Labute approximate surface area is 247 Å². The van der Waals surface area contributed by atoms with Crippen molar-refractivity contribution in [2.45, 2.75) is 44.5 Å². The molecule has 2 amide bonds. The van der Waals surface area contributed by atoms with Crippen LogP contribution in [0.5, 0.6) is 0 Å². The summed E-state index contributed by atoms with van der Waals surface area (Å²) >= 11 is 6.10. The first-order chi connectivity index (χ1) is 19.7. The predicted octanol–water partition coefficient (Wildman–Crippen LogP) is 4.04. The third-order valence-electron chi connectivity index (χ3n) is 7.05. The minimum absolute atomic E-state index is 0.0365. The molecule has 1 fully saturated rings. The summed E-state index contributed by atoms with van der Waals surface area (Å²) in [5, 5.41) is 3.54. The standard InChI is InChI=1S/C31H36ClN3O5S/c1-41(38,39)34(21-25-11-6-3-7-12-25)23-30(36)35(22-26-14-16-27(32)17-15-26)29(19-24-9-4-2-5-10-24)31(37)33-20-28-13-8-18-40-28/h2-7,9-12,14-17,28-29H,8,13,18-23H2,1H3,(H,33,37)/t28-,29-/m0/s1. The van der Waals surface area contributed by atoms with Gasteiger partial charge in [-0.3, -0.25) is 9.59 Å². The highest BCUT2D eigenvalue weighted by molar-refractivity contribution is 7.88. The molecule has 1 aliphatic rings. The summed E-state index contributed by atoms with van der Waals surface area (Å²) in [6, 6.07) is 24.7. The number of sulfonamides is 1. The Balaban J connectivity index is 1.65. The van der Waals surface area contributed by atoms with E-state index in [1.807, 2.05) is 60.7 Å². The Hall–Kier alpha value is -3.24. The summed E-state index contributed by atoms with van der Waals surface area (Å²) in [4.78, 5) is 29.3. The molecule has 1 N–H and O–H groups in total. The Morgan fingerprint density at radius 2 is 1.54 bits per heavy atom. The van der Waals surface area contributed by atoms with Gasteiger partial charge in [-0.2, -0.15) is 4.31 Å². The van der Waals surface area contributed by atoms with Crippen LogP contribution in [0.1, 0.15) is 29.5 Å². The molecule has 1 aliphatic heterocycles. The van der Waals surface area contributed by atoms with E-state index >= 15 is 0 Å². The van der Waals surface area contributed by atoms with Gasteiger partial charge in [0.15, 0.2) is 0 Å². The molecule has 10 heteroatoms. The van der Waals surface area contributed by atoms with Gasteiger partial charge >= 0.3 is 0 Å². The van der Waals surface area contributed by atoms with Gasteiger partial charge in [-0.25, -0.2) is 8.42 Å². The van der Waals surface area contributed by atoms with Crippen molar-refractivity contribution < 1.29 is 22.7 Å². The molecule has 0 spiro atoms. The molecule has 218 valence electrons. The number of hydrogen-bond donors (Lipinski definition) is 1. The van der Waals surface area contributed by atoms with Crippen LogP contribution in [0, 0.1) is 0 Å². The van der Waals surface area contributed by atoms with Crippen molar-refractivity contribution in [1.82, 2.24) is 14.5 Å². The smallest absolute Gasteiger partial charge is 0.243 e. The molecule has 0 bridgehead atoms. The molecule has 0 unspecified atom stereocenters. The van der Waals surface area contributed by atoms with Crippen molar-refractivity contribution >= 4 is 33.4 Å². The van der Waals surface area contributed by atoms with E-state index in [4.69, 9.17) is 16.3 Å². The fourth-order valence-corrected chi connectivity index (χ4v) is 5.65. The second-order valence-corrected chi connectivity index (χ2v) is 12.7. The van der Waals surface area contributed by atoms with Crippen LogP contribution in [0.15, 0.2) is 84.9 Å². The summed E-state index contributed by atoms with van der Waals surface area (Å²) in [7, 11) is -3.74. The van der Waals surface area contributed by atoms with Gasteiger partial charge < -0.3 is 15.0 Å². The van der Waals surface area contributed by atoms with Crippen LogP contribution >= 0.6 is 11.6 Å². The Kier molecular flexibility index (Phi) is 10.9. The van der Waals surface area contributed by atoms with Crippen molar-refractivity contribution in [2.75, 3.05) is 26.0 Å². The summed E-state index contributed by atoms with van der Waals surface area (Å²) < 4.78 is 32.4. The summed E-state index contributed by atoms with van der Waals surface area (Å²) in [6.07, 6.45) is 3.08. The molecule has 3 aromatic rings. The lowest BCUT2D eigenvalue weighted by Gasteiger charge is -2.33. The van der Waals surface area contributed by atoms with Crippen molar-refractivity contribution in [1.29, 1.82) is 0 Å². The number of rotatable bonds is 13. The molecule has 8 nitrogen and oxygen atoms in total. The molecule has 4 rings (SSSR count). The average Bonchev–Trinajstić information content (AvgIpc) is 3.49. The lowest BCUT2D eigenvalue weighted by atomic mass is 10.0. The maximum Gasteiger partial charge on any atom is 0.243 e. The van der Waals surface area contributed by atoms with Crippen molar-refractivity contribution in [3.63, 3.8) is 0 Å². The quantitative estimate of drug-likeness (QED) is 0.321. The first kappa shape index (κ1) is 30.7. The SMILES string of the molecule is CS(=O)(=O)N(CC(=O)N(Cc1ccc(Cl)cc1)[C@@H](Cc1ccccc1)C(=O)NC[C@@H]1CCCO1)Cc1ccccc1. The number of amides is 2. The van der Waals surface area contributed by atoms with Gasteiger partial charge in [0.25, 0.3) is 0 Å². The van der Waals surface area contributed by atoms with Crippen LogP contribution in [0.3, 0.4) is 0 Å². The van der Waals surface area contributed by atoms with Crippen LogP contribution in [-0.4, -0.2) is 67.5 Å². The van der Waals surface area contributed by atoms with E-state index < -0.39 is 28.5 Å². The largest absolute Gasteiger partial charge is 0.376 e. The first-order valence-corrected chi connectivity index (χ1v) is 15.9. The lowest BCUT2D eigenvalue weighted by Crippen LogP contribution is -2.53. The monoisotopic (exact) mass is 597 g/mol. The fourth-order valence-electron chi connectivity index (χ4n) is 4.80. The fraction of sp³-hybridized carbons (Fsp3) is 0.355. The van der Waals surface area contributed by atoms with Gasteiger partial charge in [-0.05, 0) is 41.7 Å². The predicted molar refractivity (Wildman–Crippen MR) is 160 cm³/mol. The number of nitrogens with one attached hydrogen (secondary N) is 1. The maximum absolute atomic E-state index is 14.0. The molecular weight excluding hydrogens is 562 g/mol. The highest BCUT2D eigenvalue weighted by atomic mass is 35.5. The summed E-state index contributed by atoms with van der Waals surface area (Å²) in [5.41, 5.74) is 2.40. The van der Waals surface area contributed by atoms with E-state index in [1.165, 1.54) is 4.90 Å². The van der Waals surface area contributed by atoms with Crippen LogP contribution in [0.25, 0.3) is 0 Å². The second-order valence-electron chi connectivity index (χ2n) is 10.3. The number of carbonyl (C=O) groups is 2. The van der Waals surface area contributed by atoms with Crippen LogP contribution < -0.4 is 5.32 Å². The normalized spacial score (nSPS) is 15.9. The molecular formula is C31H36ClN3O5S. The molecule has 41 heavy (non-hydrogen) atoms. The van der Waals surface area contributed by atoms with Crippen molar-refractivity contribution in [3.05, 3.63) is 107 Å². The minimum atomic E-state index is -3.74. The van der Waals surface area contributed by atoms with Gasteiger partial charge in [-0.1, -0.05) is 84.4 Å². The number of halogens is 1. The van der Waals surface area contributed by atoms with Crippen LogP contribution in [-0.2, 0) is 43.9 Å². The topological polar surface area (TPSA) is 96.0 Å². The third-order valence-corrected chi connectivity index (χ3v) is 8.50. The third kappa shape index (κ3) is 9.39. The van der Waals surface area contributed by atoms with Gasteiger partial charge in [0.2, 0.25) is 21.8 Å². The molecule has 2 atom stereocenters. The maximum atomic E-state index is 14.0. The van der Waals surface area contributed by atoms with Gasteiger partial charge in [0.05, 0.1) is 18.9 Å². The van der Waals surface area contributed by atoms with E-state index in [9.17, 15) is 18.0 Å². The molecule has 0 radical (unpaired) electrons. The van der Waals surface area contributed by atoms with E-state index in [0.29, 0.717) is 18.2 Å². The Morgan fingerprint density at radius 3 is 2.12 bits per heavy atom. The van der Waals surface area contributed by atoms with E-state index in [2.05, 4.69) is 5.32 Å². The van der Waals surface area contributed by atoms with E-state index in [0.717, 1.165) is 40.1 Å². The summed E-state index contributed by atoms with van der Waals surface area (Å²) in [6.45, 7) is 0.735. The molecule has 1 heterocycles.